The molecule has 0 atom stereocenters. The van der Waals surface area contributed by atoms with Gasteiger partial charge in [-0.15, -0.1) is 0 Å². The van der Waals surface area contributed by atoms with E-state index in [0.29, 0.717) is 0 Å². The van der Waals surface area contributed by atoms with Crippen LogP contribution in [0.25, 0.3) is 0 Å². The molecule has 0 amide bonds. The number of thioether (sulfide) groups is 1. The average Bonchev–Trinajstić information content (AvgIpc) is 2.38. The third kappa shape index (κ3) is 3.48. The van der Waals surface area contributed by atoms with Gasteiger partial charge in [0.15, 0.2) is 5.75 Å². The summed E-state index contributed by atoms with van der Waals surface area (Å²) in [6.45, 7) is 0. The third-order valence-corrected chi connectivity index (χ3v) is 3.71. The minimum atomic E-state index is 0.806. The van der Waals surface area contributed by atoms with Crippen LogP contribution in [0.1, 0.15) is 5.56 Å². The zero-order chi connectivity index (χ0) is 12.1. The van der Waals surface area contributed by atoms with Crippen molar-refractivity contribution < 1.29 is 4.74 Å². The molecule has 0 aliphatic carbocycles. The number of rotatable bonds is 4. The second kappa shape index (κ2) is 6.07. The van der Waals surface area contributed by atoms with Gasteiger partial charge in [-0.3, -0.25) is 0 Å². The Bertz CT molecular complexity index is 490. The lowest BCUT2D eigenvalue weighted by Gasteiger charge is -2.07. The molecule has 2 aromatic rings. The Hall–Kier alpha value is -1.00. The van der Waals surface area contributed by atoms with Gasteiger partial charge in [-0.2, -0.15) is 0 Å². The minimum absolute atomic E-state index is 0.806. The highest BCUT2D eigenvalue weighted by atomic mass is 79.9. The first kappa shape index (κ1) is 12.5. The predicted octanol–water partition coefficient (Wildman–Crippen LogP) is 4.15. The van der Waals surface area contributed by atoms with Crippen molar-refractivity contribution in [2.75, 3.05) is 7.11 Å². The Labute approximate surface area is 114 Å². The number of nitrogens with zero attached hydrogens (tertiary/aromatic N) is 1. The zero-order valence-electron chi connectivity index (χ0n) is 9.39. The number of methoxy groups -OCH3 is 1. The van der Waals surface area contributed by atoms with Crippen molar-refractivity contribution in [2.45, 2.75) is 10.8 Å². The average molecular weight is 310 g/mol. The third-order valence-electron chi connectivity index (χ3n) is 2.22. The van der Waals surface area contributed by atoms with Gasteiger partial charge in [-0.05, 0) is 27.6 Å². The second-order valence-electron chi connectivity index (χ2n) is 3.44. The fraction of sp³-hybridized carbons (Fsp3) is 0.154. The predicted molar refractivity (Wildman–Crippen MR) is 74.5 cm³/mol. The first-order valence-corrected chi connectivity index (χ1v) is 6.93. The van der Waals surface area contributed by atoms with Crippen LogP contribution >= 0.6 is 27.7 Å². The van der Waals surface area contributed by atoms with Gasteiger partial charge in [0.1, 0.15) is 5.03 Å². The normalized spacial score (nSPS) is 10.2. The highest BCUT2D eigenvalue weighted by molar-refractivity contribution is 9.10. The summed E-state index contributed by atoms with van der Waals surface area (Å²) in [6.07, 6.45) is 1.79. The Balaban J connectivity index is 2.09. The lowest BCUT2D eigenvalue weighted by atomic mass is 10.2. The van der Waals surface area contributed by atoms with E-state index in [-0.39, 0.29) is 0 Å². The van der Waals surface area contributed by atoms with E-state index in [1.807, 2.05) is 24.3 Å². The molecule has 0 unspecified atom stereocenters. The van der Waals surface area contributed by atoms with E-state index in [1.54, 1.807) is 25.1 Å². The van der Waals surface area contributed by atoms with E-state index < -0.39 is 0 Å². The van der Waals surface area contributed by atoms with E-state index in [1.165, 1.54) is 5.56 Å². The standard InChI is InChI=1S/C13H12BrNOS/c1-16-12-7-11(14)8-15-13(12)17-9-10-5-3-2-4-6-10/h2-8H,9H2,1H3. The van der Waals surface area contributed by atoms with Crippen molar-refractivity contribution in [3.8, 4) is 5.75 Å². The molecule has 0 aliphatic heterocycles. The van der Waals surface area contributed by atoms with Crippen molar-refractivity contribution in [3.63, 3.8) is 0 Å². The summed E-state index contributed by atoms with van der Waals surface area (Å²) < 4.78 is 6.23. The monoisotopic (exact) mass is 309 g/mol. The smallest absolute Gasteiger partial charge is 0.152 e. The number of benzene rings is 1. The van der Waals surface area contributed by atoms with Crippen molar-refractivity contribution in [2.24, 2.45) is 0 Å². The molecule has 1 aromatic carbocycles. The molecule has 1 heterocycles. The summed E-state index contributed by atoms with van der Waals surface area (Å²) in [5, 5.41) is 0.916. The van der Waals surface area contributed by atoms with Crippen LogP contribution in [0.2, 0.25) is 0 Å². The molecule has 4 heteroatoms. The van der Waals surface area contributed by atoms with E-state index in [2.05, 4.69) is 33.0 Å². The molecule has 0 fully saturated rings. The second-order valence-corrected chi connectivity index (χ2v) is 5.31. The molecule has 0 spiro atoms. The number of aromatic nitrogens is 1. The maximum Gasteiger partial charge on any atom is 0.152 e. The molecule has 0 saturated carbocycles. The van der Waals surface area contributed by atoms with Gasteiger partial charge in [-0.1, -0.05) is 42.1 Å². The van der Waals surface area contributed by atoms with Gasteiger partial charge < -0.3 is 4.74 Å². The van der Waals surface area contributed by atoms with Gasteiger partial charge >= 0.3 is 0 Å². The summed E-state index contributed by atoms with van der Waals surface area (Å²) in [4.78, 5) is 4.36. The van der Waals surface area contributed by atoms with Crippen LogP contribution in [0.4, 0.5) is 0 Å². The van der Waals surface area contributed by atoms with E-state index in [9.17, 15) is 0 Å². The zero-order valence-corrected chi connectivity index (χ0v) is 11.8. The van der Waals surface area contributed by atoms with Gasteiger partial charge in [0.05, 0.1) is 7.11 Å². The molecular formula is C13H12BrNOS. The van der Waals surface area contributed by atoms with E-state index in [4.69, 9.17) is 4.74 Å². The minimum Gasteiger partial charge on any atom is -0.494 e. The van der Waals surface area contributed by atoms with Crippen LogP contribution < -0.4 is 4.74 Å². The quantitative estimate of drug-likeness (QED) is 0.792. The molecule has 0 radical (unpaired) electrons. The number of pyridine rings is 1. The Morgan fingerprint density at radius 1 is 1.29 bits per heavy atom. The molecule has 2 nitrogen and oxygen atoms in total. The first-order chi connectivity index (χ1) is 8.29. The Morgan fingerprint density at radius 2 is 2.06 bits per heavy atom. The summed E-state index contributed by atoms with van der Waals surface area (Å²) in [7, 11) is 1.66. The molecular weight excluding hydrogens is 298 g/mol. The largest absolute Gasteiger partial charge is 0.494 e. The summed E-state index contributed by atoms with van der Waals surface area (Å²) in [5.74, 6) is 1.70. The van der Waals surface area contributed by atoms with Crippen LogP contribution in [-0.2, 0) is 5.75 Å². The topological polar surface area (TPSA) is 22.1 Å². The Morgan fingerprint density at radius 3 is 2.76 bits per heavy atom. The molecule has 0 saturated heterocycles. The fourth-order valence-corrected chi connectivity index (χ4v) is 2.61. The van der Waals surface area contributed by atoms with Crippen LogP contribution in [-0.4, -0.2) is 12.1 Å². The molecule has 2 rings (SSSR count). The van der Waals surface area contributed by atoms with Crippen LogP contribution in [0.5, 0.6) is 5.75 Å². The highest BCUT2D eigenvalue weighted by Gasteiger charge is 2.06. The van der Waals surface area contributed by atoms with Crippen LogP contribution in [0, 0.1) is 0 Å². The molecule has 17 heavy (non-hydrogen) atoms. The van der Waals surface area contributed by atoms with Crippen molar-refractivity contribution >= 4 is 27.7 Å². The maximum atomic E-state index is 5.30. The van der Waals surface area contributed by atoms with Crippen molar-refractivity contribution in [1.29, 1.82) is 0 Å². The fourth-order valence-electron chi connectivity index (χ4n) is 1.39. The van der Waals surface area contributed by atoms with Gasteiger partial charge in [0.25, 0.3) is 0 Å². The Kier molecular flexibility index (Phi) is 4.45. The number of hydrogen-bond acceptors (Lipinski definition) is 3. The molecule has 88 valence electrons. The van der Waals surface area contributed by atoms with Gasteiger partial charge in [0, 0.05) is 16.4 Å². The molecule has 0 bridgehead atoms. The highest BCUT2D eigenvalue weighted by Crippen LogP contribution is 2.31. The van der Waals surface area contributed by atoms with Gasteiger partial charge in [-0.25, -0.2) is 4.98 Å². The number of hydrogen-bond donors (Lipinski definition) is 0. The molecule has 1 aromatic heterocycles. The summed E-state index contributed by atoms with van der Waals surface area (Å²) >= 11 is 5.06. The first-order valence-electron chi connectivity index (χ1n) is 5.16. The number of ether oxygens (including phenoxy) is 1. The molecule has 0 N–H and O–H groups in total. The lowest BCUT2D eigenvalue weighted by Crippen LogP contribution is -1.90. The SMILES string of the molecule is COc1cc(Br)cnc1SCc1ccccc1. The van der Waals surface area contributed by atoms with Crippen molar-refractivity contribution in [1.82, 2.24) is 4.98 Å². The van der Waals surface area contributed by atoms with E-state index in [0.717, 1.165) is 21.0 Å². The molecule has 0 aliphatic rings. The summed E-state index contributed by atoms with van der Waals surface area (Å²) in [5.41, 5.74) is 1.28. The van der Waals surface area contributed by atoms with Crippen LogP contribution in [0.3, 0.4) is 0 Å². The summed E-state index contributed by atoms with van der Waals surface area (Å²) in [6, 6.07) is 12.3. The lowest BCUT2D eigenvalue weighted by molar-refractivity contribution is 0.400. The van der Waals surface area contributed by atoms with E-state index >= 15 is 0 Å². The van der Waals surface area contributed by atoms with Crippen molar-refractivity contribution in [3.05, 3.63) is 52.6 Å². The van der Waals surface area contributed by atoms with Gasteiger partial charge in [0.2, 0.25) is 0 Å². The van der Waals surface area contributed by atoms with Crippen LogP contribution in [0.15, 0.2) is 52.1 Å². The number of halogens is 1. The maximum absolute atomic E-state index is 5.30.